The summed E-state index contributed by atoms with van der Waals surface area (Å²) in [6, 6.07) is 13.9. The van der Waals surface area contributed by atoms with E-state index in [0.717, 1.165) is 33.2 Å². The van der Waals surface area contributed by atoms with Gasteiger partial charge in [0.25, 0.3) is 0 Å². The number of fused-ring (bicyclic) bond motifs is 1. The van der Waals surface area contributed by atoms with Crippen molar-refractivity contribution in [2.45, 2.75) is 13.8 Å². The Morgan fingerprint density at radius 2 is 1.78 bits per heavy atom. The van der Waals surface area contributed by atoms with Crippen LogP contribution in [0.1, 0.15) is 30.5 Å². The zero-order valence-corrected chi connectivity index (χ0v) is 14.3. The third kappa shape index (κ3) is 2.99. The number of allylic oxidation sites excluding steroid dienone is 2. The van der Waals surface area contributed by atoms with E-state index in [1.807, 2.05) is 43.3 Å². The minimum Gasteiger partial charge on any atom is -0.497 e. The van der Waals surface area contributed by atoms with Crippen LogP contribution < -0.4 is 4.74 Å². The molecule has 0 atom stereocenters. The third-order valence-electron chi connectivity index (χ3n) is 3.98. The van der Waals surface area contributed by atoms with E-state index in [-0.39, 0.29) is 0 Å². The molecule has 0 saturated heterocycles. The second-order valence-electron chi connectivity index (χ2n) is 5.41. The van der Waals surface area contributed by atoms with E-state index in [9.17, 15) is 0 Å². The van der Waals surface area contributed by atoms with E-state index in [1.165, 1.54) is 11.1 Å². The van der Waals surface area contributed by atoms with Crippen LogP contribution in [0.2, 0.25) is 5.02 Å². The van der Waals surface area contributed by atoms with Crippen molar-refractivity contribution < 1.29 is 9.47 Å². The van der Waals surface area contributed by atoms with Gasteiger partial charge in [-0.25, -0.2) is 0 Å². The maximum atomic E-state index is 5.97. The third-order valence-corrected chi connectivity index (χ3v) is 4.23. The van der Waals surface area contributed by atoms with Gasteiger partial charge >= 0.3 is 0 Å². The maximum absolute atomic E-state index is 5.97. The molecule has 0 N–H and O–H groups in total. The predicted molar refractivity (Wildman–Crippen MR) is 96.5 cm³/mol. The van der Waals surface area contributed by atoms with Crippen molar-refractivity contribution in [3.05, 3.63) is 69.8 Å². The molecule has 0 unspecified atom stereocenters. The minimum absolute atomic E-state index is 0.636. The van der Waals surface area contributed by atoms with Crippen molar-refractivity contribution >= 4 is 29.0 Å². The van der Waals surface area contributed by atoms with Crippen LogP contribution in [-0.4, -0.2) is 13.7 Å². The lowest BCUT2D eigenvalue weighted by atomic mass is 10.0. The average molecular weight is 327 g/mol. The summed E-state index contributed by atoms with van der Waals surface area (Å²) in [5, 5.41) is 0.742. The summed E-state index contributed by atoms with van der Waals surface area (Å²) in [5.41, 5.74) is 5.69. The first-order chi connectivity index (χ1) is 11.1. The Kier molecular flexibility index (Phi) is 4.44. The van der Waals surface area contributed by atoms with E-state index in [1.54, 1.807) is 7.11 Å². The molecule has 2 aromatic rings. The van der Waals surface area contributed by atoms with Crippen molar-refractivity contribution in [2.24, 2.45) is 0 Å². The Labute approximate surface area is 142 Å². The quantitative estimate of drug-likeness (QED) is 0.720. The molecule has 0 saturated carbocycles. The van der Waals surface area contributed by atoms with Crippen LogP contribution >= 0.6 is 11.6 Å². The molecule has 0 radical (unpaired) electrons. The van der Waals surface area contributed by atoms with Crippen molar-refractivity contribution in [2.75, 3.05) is 13.7 Å². The summed E-state index contributed by atoms with van der Waals surface area (Å²) in [6.07, 6.45) is 2.17. The first-order valence-electron chi connectivity index (χ1n) is 7.64. The molecule has 0 aromatic heterocycles. The molecule has 0 bridgehead atoms. The zero-order valence-electron chi connectivity index (χ0n) is 13.5. The molecule has 1 aliphatic carbocycles. The van der Waals surface area contributed by atoms with Gasteiger partial charge in [0.2, 0.25) is 0 Å². The van der Waals surface area contributed by atoms with Gasteiger partial charge in [0, 0.05) is 10.6 Å². The van der Waals surface area contributed by atoms with Gasteiger partial charge in [-0.2, -0.15) is 0 Å². The Morgan fingerprint density at radius 3 is 2.43 bits per heavy atom. The topological polar surface area (TPSA) is 18.5 Å². The molecule has 118 valence electrons. The van der Waals surface area contributed by atoms with E-state index in [0.29, 0.717) is 6.61 Å². The smallest absolute Gasteiger partial charge is 0.130 e. The van der Waals surface area contributed by atoms with Crippen molar-refractivity contribution in [1.82, 2.24) is 0 Å². The van der Waals surface area contributed by atoms with Gasteiger partial charge in [0.05, 0.1) is 13.7 Å². The van der Waals surface area contributed by atoms with Crippen molar-refractivity contribution in [3.8, 4) is 5.75 Å². The molecule has 23 heavy (non-hydrogen) atoms. The maximum Gasteiger partial charge on any atom is 0.130 e. The molecule has 2 aromatic carbocycles. The van der Waals surface area contributed by atoms with E-state index < -0.39 is 0 Å². The first kappa shape index (κ1) is 15.7. The van der Waals surface area contributed by atoms with Gasteiger partial charge in [-0.05, 0) is 72.5 Å². The van der Waals surface area contributed by atoms with Crippen LogP contribution in [0.4, 0.5) is 0 Å². The fourth-order valence-corrected chi connectivity index (χ4v) is 2.97. The molecule has 0 spiro atoms. The lowest BCUT2D eigenvalue weighted by Crippen LogP contribution is -1.92. The predicted octanol–water partition coefficient (Wildman–Crippen LogP) is 5.67. The minimum atomic E-state index is 0.636. The van der Waals surface area contributed by atoms with Gasteiger partial charge < -0.3 is 9.47 Å². The number of hydrogen-bond acceptors (Lipinski definition) is 2. The average Bonchev–Trinajstić information content (AvgIpc) is 2.82. The second-order valence-corrected chi connectivity index (χ2v) is 5.84. The summed E-state index contributed by atoms with van der Waals surface area (Å²) in [4.78, 5) is 0. The van der Waals surface area contributed by atoms with Crippen LogP contribution in [-0.2, 0) is 4.74 Å². The molecule has 0 heterocycles. The standard InChI is InChI=1S/C20H19ClO2/c1-4-23-20-13(2)18(11-14-5-7-15(21)8-6-14)17-10-9-16(22-3)12-19(17)20/h5-12H,4H2,1-3H3/b18-11+. The summed E-state index contributed by atoms with van der Waals surface area (Å²) in [7, 11) is 1.68. The normalized spacial score (nSPS) is 15.0. The second kappa shape index (κ2) is 6.51. The van der Waals surface area contributed by atoms with Gasteiger partial charge in [0.1, 0.15) is 11.5 Å². The fraction of sp³-hybridized carbons (Fsp3) is 0.200. The summed E-state index contributed by atoms with van der Waals surface area (Å²) < 4.78 is 11.2. The largest absolute Gasteiger partial charge is 0.497 e. The Morgan fingerprint density at radius 1 is 1.04 bits per heavy atom. The van der Waals surface area contributed by atoms with E-state index in [2.05, 4.69) is 19.1 Å². The van der Waals surface area contributed by atoms with Crippen molar-refractivity contribution in [1.29, 1.82) is 0 Å². The Balaban J connectivity index is 2.13. The SMILES string of the molecule is CCOC1=C(C)/C(=C\c2ccc(Cl)cc2)c2ccc(OC)cc21. The molecule has 3 heteroatoms. The molecule has 1 aliphatic rings. The molecule has 0 amide bonds. The Hall–Kier alpha value is -2.19. The lowest BCUT2D eigenvalue weighted by Gasteiger charge is -2.08. The zero-order chi connectivity index (χ0) is 16.4. The van der Waals surface area contributed by atoms with Gasteiger partial charge in [-0.3, -0.25) is 0 Å². The van der Waals surface area contributed by atoms with Crippen LogP contribution in [0.3, 0.4) is 0 Å². The van der Waals surface area contributed by atoms with Gasteiger partial charge in [-0.1, -0.05) is 23.7 Å². The molecule has 2 nitrogen and oxygen atoms in total. The van der Waals surface area contributed by atoms with Gasteiger partial charge in [0.15, 0.2) is 0 Å². The number of hydrogen-bond donors (Lipinski definition) is 0. The van der Waals surface area contributed by atoms with E-state index in [4.69, 9.17) is 21.1 Å². The monoisotopic (exact) mass is 326 g/mol. The Bertz CT molecular complexity index is 786. The summed E-state index contributed by atoms with van der Waals surface area (Å²) >= 11 is 5.97. The van der Waals surface area contributed by atoms with Crippen molar-refractivity contribution in [3.63, 3.8) is 0 Å². The lowest BCUT2D eigenvalue weighted by molar-refractivity contribution is 0.297. The van der Waals surface area contributed by atoms with Crippen LogP contribution in [0, 0.1) is 0 Å². The highest BCUT2D eigenvalue weighted by Gasteiger charge is 2.25. The number of halogens is 1. The number of benzene rings is 2. The highest BCUT2D eigenvalue weighted by atomic mass is 35.5. The fourth-order valence-electron chi connectivity index (χ4n) is 2.84. The highest BCUT2D eigenvalue weighted by Crippen LogP contribution is 2.43. The molecule has 0 aliphatic heterocycles. The molecular formula is C20H19ClO2. The molecular weight excluding hydrogens is 308 g/mol. The van der Waals surface area contributed by atoms with Gasteiger partial charge in [-0.15, -0.1) is 0 Å². The van der Waals surface area contributed by atoms with Crippen LogP contribution in [0.5, 0.6) is 5.75 Å². The summed E-state index contributed by atoms with van der Waals surface area (Å²) in [5.74, 6) is 1.77. The first-order valence-corrected chi connectivity index (χ1v) is 8.02. The van der Waals surface area contributed by atoms with Crippen LogP contribution in [0.25, 0.3) is 17.4 Å². The van der Waals surface area contributed by atoms with Crippen LogP contribution in [0.15, 0.2) is 48.0 Å². The molecule has 0 fully saturated rings. The number of rotatable bonds is 4. The summed E-state index contributed by atoms with van der Waals surface area (Å²) in [6.45, 7) is 4.73. The van der Waals surface area contributed by atoms with E-state index >= 15 is 0 Å². The number of methoxy groups -OCH3 is 1. The number of ether oxygens (including phenoxy) is 2. The molecule has 3 rings (SSSR count). The highest BCUT2D eigenvalue weighted by molar-refractivity contribution is 6.30.